The highest BCUT2D eigenvalue weighted by atomic mass is 35.5. The first-order valence-electron chi connectivity index (χ1n) is 11.3. The van der Waals surface area contributed by atoms with Crippen LogP contribution < -0.4 is 5.32 Å². The number of hydrogen-bond acceptors (Lipinski definition) is 3. The second kappa shape index (κ2) is 11.6. The van der Waals surface area contributed by atoms with Crippen molar-refractivity contribution in [1.29, 1.82) is 0 Å². The van der Waals surface area contributed by atoms with Gasteiger partial charge in [-0.1, -0.05) is 45.4 Å². The zero-order valence-corrected chi connectivity index (χ0v) is 18.2. The molecule has 0 aromatic heterocycles. The molecule has 0 bridgehead atoms. The van der Waals surface area contributed by atoms with Crippen LogP contribution in [0.3, 0.4) is 0 Å². The maximum atomic E-state index is 12.8. The molecule has 0 aromatic carbocycles. The summed E-state index contributed by atoms with van der Waals surface area (Å²) in [6, 6.07) is 0. The van der Waals surface area contributed by atoms with Crippen LogP contribution in [0.15, 0.2) is 0 Å². The summed E-state index contributed by atoms with van der Waals surface area (Å²) in [6.07, 6.45) is 15.1. The van der Waals surface area contributed by atoms with Gasteiger partial charge in [-0.25, -0.2) is 0 Å². The van der Waals surface area contributed by atoms with E-state index in [1.54, 1.807) is 0 Å². The van der Waals surface area contributed by atoms with Gasteiger partial charge in [-0.15, -0.1) is 12.4 Å². The van der Waals surface area contributed by atoms with Crippen molar-refractivity contribution in [2.24, 2.45) is 11.8 Å². The summed E-state index contributed by atoms with van der Waals surface area (Å²) in [7, 11) is 0. The standard InChI is InChI=1S/C22H40N2O2.ClH/c1-2-3-7-19-8-10-20(11-9-19)21(25)23-18-22(12-5-4-6-13-22)24-14-16-26-17-15-24;/h19-20H,2-18H2,1H3,(H,23,25);1H. The van der Waals surface area contributed by atoms with Crippen molar-refractivity contribution in [3.05, 3.63) is 0 Å². The number of carbonyl (C=O) groups is 1. The first-order chi connectivity index (χ1) is 12.7. The summed E-state index contributed by atoms with van der Waals surface area (Å²) in [5, 5.41) is 3.40. The summed E-state index contributed by atoms with van der Waals surface area (Å²) in [6.45, 7) is 6.86. The molecule has 1 amide bonds. The van der Waals surface area contributed by atoms with Crippen molar-refractivity contribution >= 4 is 18.3 Å². The minimum absolute atomic E-state index is 0. The Balaban J connectivity index is 0.00000261. The van der Waals surface area contributed by atoms with Crippen molar-refractivity contribution in [2.45, 2.75) is 89.5 Å². The number of rotatable bonds is 7. The summed E-state index contributed by atoms with van der Waals surface area (Å²) >= 11 is 0. The van der Waals surface area contributed by atoms with Crippen LogP contribution in [0.25, 0.3) is 0 Å². The molecule has 3 rings (SSSR count). The number of ether oxygens (including phenoxy) is 1. The Kier molecular flexibility index (Phi) is 9.89. The number of amides is 1. The third-order valence-electron chi connectivity index (χ3n) is 7.24. The van der Waals surface area contributed by atoms with E-state index in [0.717, 1.165) is 51.6 Å². The quantitative estimate of drug-likeness (QED) is 0.681. The third kappa shape index (κ3) is 6.33. The number of halogens is 1. The topological polar surface area (TPSA) is 41.6 Å². The first kappa shape index (κ1) is 23.0. The first-order valence-corrected chi connectivity index (χ1v) is 11.3. The number of carbonyl (C=O) groups excluding carboxylic acids is 1. The van der Waals surface area contributed by atoms with Gasteiger partial charge < -0.3 is 10.1 Å². The molecule has 1 saturated heterocycles. The Morgan fingerprint density at radius 1 is 1.07 bits per heavy atom. The van der Waals surface area contributed by atoms with Crippen LogP contribution in [0.1, 0.15) is 84.0 Å². The van der Waals surface area contributed by atoms with Gasteiger partial charge in [-0.2, -0.15) is 0 Å². The third-order valence-corrected chi connectivity index (χ3v) is 7.24. The minimum atomic E-state index is 0. The average Bonchev–Trinajstić information content (AvgIpc) is 2.72. The Labute approximate surface area is 172 Å². The van der Waals surface area contributed by atoms with Crippen molar-refractivity contribution in [3.63, 3.8) is 0 Å². The lowest BCUT2D eigenvalue weighted by Crippen LogP contribution is -2.60. The maximum Gasteiger partial charge on any atom is 0.223 e. The molecule has 2 saturated carbocycles. The van der Waals surface area contributed by atoms with Gasteiger partial charge >= 0.3 is 0 Å². The van der Waals surface area contributed by atoms with Gasteiger partial charge in [0.1, 0.15) is 0 Å². The number of unbranched alkanes of at least 4 members (excludes halogenated alkanes) is 1. The predicted molar refractivity (Wildman–Crippen MR) is 113 cm³/mol. The van der Waals surface area contributed by atoms with Crippen molar-refractivity contribution in [1.82, 2.24) is 10.2 Å². The molecule has 4 nitrogen and oxygen atoms in total. The normalized spacial score (nSPS) is 28.9. The SMILES string of the molecule is CCCCC1CCC(C(=O)NCC2(N3CCOCC3)CCCCC2)CC1.Cl. The van der Waals surface area contributed by atoms with Crippen LogP contribution in [0, 0.1) is 11.8 Å². The number of morpholine rings is 1. The summed E-state index contributed by atoms with van der Waals surface area (Å²) in [5.74, 6) is 1.47. The molecule has 1 heterocycles. The molecule has 1 aliphatic heterocycles. The number of hydrogen-bond donors (Lipinski definition) is 1. The molecule has 3 aliphatic rings. The van der Waals surface area contributed by atoms with Crippen LogP contribution >= 0.6 is 12.4 Å². The van der Waals surface area contributed by atoms with E-state index >= 15 is 0 Å². The van der Waals surface area contributed by atoms with E-state index in [1.165, 1.54) is 64.2 Å². The van der Waals surface area contributed by atoms with E-state index < -0.39 is 0 Å². The highest BCUT2D eigenvalue weighted by molar-refractivity contribution is 5.85. The van der Waals surface area contributed by atoms with E-state index in [1.807, 2.05) is 0 Å². The van der Waals surface area contributed by atoms with Gasteiger partial charge in [0.25, 0.3) is 0 Å². The molecular formula is C22H41ClN2O2. The Morgan fingerprint density at radius 3 is 2.37 bits per heavy atom. The fourth-order valence-electron chi connectivity index (χ4n) is 5.45. The van der Waals surface area contributed by atoms with Gasteiger partial charge in [0.2, 0.25) is 5.91 Å². The lowest BCUT2D eigenvalue weighted by atomic mass is 9.78. The van der Waals surface area contributed by atoms with E-state index in [-0.39, 0.29) is 23.9 Å². The molecule has 2 aliphatic carbocycles. The zero-order chi connectivity index (χ0) is 18.2. The van der Waals surface area contributed by atoms with E-state index in [0.29, 0.717) is 5.91 Å². The molecule has 0 aromatic rings. The second-order valence-corrected chi connectivity index (χ2v) is 8.96. The summed E-state index contributed by atoms with van der Waals surface area (Å²) in [4.78, 5) is 15.5. The lowest BCUT2D eigenvalue weighted by Gasteiger charge is -2.48. The zero-order valence-electron chi connectivity index (χ0n) is 17.3. The second-order valence-electron chi connectivity index (χ2n) is 8.96. The molecule has 0 unspecified atom stereocenters. The number of nitrogens with one attached hydrogen (secondary N) is 1. The fourth-order valence-corrected chi connectivity index (χ4v) is 5.45. The van der Waals surface area contributed by atoms with Gasteiger partial charge in [0.05, 0.1) is 13.2 Å². The summed E-state index contributed by atoms with van der Waals surface area (Å²) < 4.78 is 5.57. The molecule has 27 heavy (non-hydrogen) atoms. The molecule has 3 fully saturated rings. The fraction of sp³-hybridized carbons (Fsp3) is 0.955. The predicted octanol–water partition coefficient (Wildman–Crippen LogP) is 4.56. The number of nitrogens with zero attached hydrogens (tertiary/aromatic N) is 1. The largest absolute Gasteiger partial charge is 0.379 e. The van der Waals surface area contributed by atoms with Gasteiger partial charge in [0.15, 0.2) is 0 Å². The lowest BCUT2D eigenvalue weighted by molar-refractivity contribution is -0.127. The smallest absolute Gasteiger partial charge is 0.223 e. The van der Waals surface area contributed by atoms with Crippen molar-refractivity contribution in [2.75, 3.05) is 32.8 Å². The molecule has 1 N–H and O–H groups in total. The minimum Gasteiger partial charge on any atom is -0.379 e. The Morgan fingerprint density at radius 2 is 1.74 bits per heavy atom. The van der Waals surface area contributed by atoms with Crippen LogP contribution in [0.5, 0.6) is 0 Å². The van der Waals surface area contributed by atoms with E-state index in [9.17, 15) is 4.79 Å². The van der Waals surface area contributed by atoms with Crippen LogP contribution in [0.2, 0.25) is 0 Å². The maximum absolute atomic E-state index is 12.8. The van der Waals surface area contributed by atoms with Crippen LogP contribution in [0.4, 0.5) is 0 Å². The van der Waals surface area contributed by atoms with Gasteiger partial charge in [0, 0.05) is 31.1 Å². The highest BCUT2D eigenvalue weighted by Gasteiger charge is 2.39. The summed E-state index contributed by atoms with van der Waals surface area (Å²) in [5.41, 5.74) is 0.190. The van der Waals surface area contributed by atoms with Crippen LogP contribution in [-0.2, 0) is 9.53 Å². The Hall–Kier alpha value is -0.320. The van der Waals surface area contributed by atoms with E-state index in [2.05, 4.69) is 17.1 Å². The monoisotopic (exact) mass is 400 g/mol. The molecule has 0 atom stereocenters. The Bertz CT molecular complexity index is 426. The molecule has 0 radical (unpaired) electrons. The average molecular weight is 401 g/mol. The van der Waals surface area contributed by atoms with Gasteiger partial charge in [-0.05, 0) is 44.4 Å². The van der Waals surface area contributed by atoms with E-state index in [4.69, 9.17) is 4.74 Å². The highest BCUT2D eigenvalue weighted by Crippen LogP contribution is 2.35. The molecular weight excluding hydrogens is 360 g/mol. The molecule has 0 spiro atoms. The molecule has 158 valence electrons. The van der Waals surface area contributed by atoms with Crippen molar-refractivity contribution in [3.8, 4) is 0 Å². The van der Waals surface area contributed by atoms with Crippen molar-refractivity contribution < 1.29 is 9.53 Å². The molecule has 5 heteroatoms. The van der Waals surface area contributed by atoms with Crippen LogP contribution in [-0.4, -0.2) is 49.2 Å². The van der Waals surface area contributed by atoms with Gasteiger partial charge in [-0.3, -0.25) is 9.69 Å².